The Morgan fingerprint density at radius 2 is 1.88 bits per heavy atom. The Bertz CT molecular complexity index is 731. The second kappa shape index (κ2) is 7.55. The fourth-order valence-electron chi connectivity index (χ4n) is 2.66. The van der Waals surface area contributed by atoms with Crippen LogP contribution in [0.15, 0.2) is 24.3 Å². The highest BCUT2D eigenvalue weighted by Crippen LogP contribution is 2.28. The number of carbonyl (C=O) groups is 4. The van der Waals surface area contributed by atoms with Crippen molar-refractivity contribution < 1.29 is 23.9 Å². The van der Waals surface area contributed by atoms with E-state index in [2.05, 4.69) is 10.6 Å². The number of benzene rings is 1. The van der Waals surface area contributed by atoms with Crippen LogP contribution in [-0.4, -0.2) is 47.9 Å². The Morgan fingerprint density at radius 1 is 1.27 bits per heavy atom. The predicted octanol–water partition coefficient (Wildman–Crippen LogP) is 0.830. The number of amides is 4. The highest BCUT2D eigenvalue weighted by molar-refractivity contribution is 6.08. The SMILES string of the molecule is CCNC(=O)[C@@H](C)OC(=O)CN1C(=O)N[C@](C)(c2ccc(C)cc2)C1=O. The third kappa shape index (κ3) is 3.84. The van der Waals surface area contributed by atoms with E-state index in [1.165, 1.54) is 6.92 Å². The fraction of sp³-hybridized carbons (Fsp3) is 0.444. The lowest BCUT2D eigenvalue weighted by molar-refractivity contribution is -0.156. The molecule has 1 fully saturated rings. The monoisotopic (exact) mass is 361 g/mol. The molecule has 8 heteroatoms. The lowest BCUT2D eigenvalue weighted by atomic mass is 9.91. The lowest BCUT2D eigenvalue weighted by Gasteiger charge is -2.22. The van der Waals surface area contributed by atoms with E-state index in [0.29, 0.717) is 12.1 Å². The molecule has 1 heterocycles. The number of nitrogens with one attached hydrogen (secondary N) is 2. The summed E-state index contributed by atoms with van der Waals surface area (Å²) in [7, 11) is 0. The van der Waals surface area contributed by atoms with Crippen LogP contribution in [0.4, 0.5) is 4.79 Å². The quantitative estimate of drug-likeness (QED) is 0.577. The number of rotatable bonds is 6. The number of nitrogens with zero attached hydrogens (tertiary/aromatic N) is 1. The van der Waals surface area contributed by atoms with Gasteiger partial charge in [-0.15, -0.1) is 0 Å². The van der Waals surface area contributed by atoms with Gasteiger partial charge >= 0.3 is 12.0 Å². The first-order valence-corrected chi connectivity index (χ1v) is 8.37. The number of hydrogen-bond acceptors (Lipinski definition) is 5. The molecule has 0 saturated carbocycles. The lowest BCUT2D eigenvalue weighted by Crippen LogP contribution is -2.42. The van der Waals surface area contributed by atoms with Crippen molar-refractivity contribution in [2.75, 3.05) is 13.1 Å². The average molecular weight is 361 g/mol. The van der Waals surface area contributed by atoms with Gasteiger partial charge in [0.15, 0.2) is 6.10 Å². The minimum Gasteiger partial charge on any atom is -0.451 e. The van der Waals surface area contributed by atoms with Crippen molar-refractivity contribution in [3.8, 4) is 0 Å². The summed E-state index contributed by atoms with van der Waals surface area (Å²) in [6.45, 7) is 6.51. The molecule has 0 bridgehead atoms. The Morgan fingerprint density at radius 3 is 2.46 bits per heavy atom. The summed E-state index contributed by atoms with van der Waals surface area (Å²) in [5.74, 6) is -1.82. The minimum atomic E-state index is -1.25. The van der Waals surface area contributed by atoms with Gasteiger partial charge in [0.25, 0.3) is 11.8 Å². The van der Waals surface area contributed by atoms with Gasteiger partial charge in [-0.2, -0.15) is 0 Å². The first kappa shape index (κ1) is 19.4. The van der Waals surface area contributed by atoms with Gasteiger partial charge in [-0.3, -0.25) is 19.3 Å². The van der Waals surface area contributed by atoms with E-state index in [1.54, 1.807) is 26.0 Å². The number of esters is 1. The van der Waals surface area contributed by atoms with Crippen LogP contribution in [0.2, 0.25) is 0 Å². The molecule has 1 aliphatic rings. The summed E-state index contributed by atoms with van der Waals surface area (Å²) in [6.07, 6.45) is -1.01. The van der Waals surface area contributed by atoms with Crippen molar-refractivity contribution in [1.29, 1.82) is 0 Å². The maximum Gasteiger partial charge on any atom is 0.327 e. The van der Waals surface area contributed by atoms with Crippen LogP contribution in [0.5, 0.6) is 0 Å². The van der Waals surface area contributed by atoms with E-state index < -0.39 is 42.0 Å². The Balaban J connectivity index is 2.08. The maximum absolute atomic E-state index is 12.7. The van der Waals surface area contributed by atoms with Gasteiger partial charge < -0.3 is 15.4 Å². The molecule has 0 unspecified atom stereocenters. The van der Waals surface area contributed by atoms with Crippen LogP contribution in [0, 0.1) is 6.92 Å². The van der Waals surface area contributed by atoms with Crippen molar-refractivity contribution in [2.24, 2.45) is 0 Å². The molecule has 4 amide bonds. The van der Waals surface area contributed by atoms with Gasteiger partial charge in [-0.25, -0.2) is 4.79 Å². The van der Waals surface area contributed by atoms with Crippen LogP contribution in [0.25, 0.3) is 0 Å². The summed E-state index contributed by atoms with van der Waals surface area (Å²) in [6, 6.07) is 6.51. The van der Waals surface area contributed by atoms with Crippen molar-refractivity contribution in [3.63, 3.8) is 0 Å². The third-order valence-corrected chi connectivity index (χ3v) is 4.22. The number of urea groups is 1. The van der Waals surface area contributed by atoms with E-state index in [1.807, 2.05) is 19.1 Å². The van der Waals surface area contributed by atoms with Gasteiger partial charge in [0, 0.05) is 6.54 Å². The third-order valence-electron chi connectivity index (χ3n) is 4.22. The molecule has 140 valence electrons. The largest absolute Gasteiger partial charge is 0.451 e. The molecule has 2 N–H and O–H groups in total. The second-order valence-electron chi connectivity index (χ2n) is 6.34. The average Bonchev–Trinajstić information content (AvgIpc) is 2.79. The van der Waals surface area contributed by atoms with E-state index in [4.69, 9.17) is 4.74 Å². The standard InChI is InChI=1S/C18H23N3O5/c1-5-19-15(23)12(3)26-14(22)10-21-16(24)18(4,20-17(21)25)13-8-6-11(2)7-9-13/h6-9,12H,5,10H2,1-4H3,(H,19,23)(H,20,25)/t12-,18-/m1/s1. The highest BCUT2D eigenvalue weighted by atomic mass is 16.5. The molecule has 2 atom stereocenters. The first-order chi connectivity index (χ1) is 12.2. The van der Waals surface area contributed by atoms with Gasteiger partial charge in [-0.05, 0) is 33.3 Å². The molecule has 2 rings (SSSR count). The maximum atomic E-state index is 12.7. The summed E-state index contributed by atoms with van der Waals surface area (Å²) in [5, 5.41) is 5.14. The van der Waals surface area contributed by atoms with Crippen LogP contribution < -0.4 is 10.6 Å². The number of carbonyl (C=O) groups excluding carboxylic acids is 4. The van der Waals surface area contributed by atoms with E-state index in [-0.39, 0.29) is 0 Å². The molecule has 0 radical (unpaired) electrons. The van der Waals surface area contributed by atoms with Crippen LogP contribution in [-0.2, 0) is 24.7 Å². The number of imide groups is 1. The van der Waals surface area contributed by atoms with E-state index in [0.717, 1.165) is 10.5 Å². The molecule has 0 aliphatic carbocycles. The Labute approximate surface area is 151 Å². The fourth-order valence-corrected chi connectivity index (χ4v) is 2.66. The molecule has 1 aliphatic heterocycles. The minimum absolute atomic E-state index is 0.405. The molecule has 0 aromatic heterocycles. The van der Waals surface area contributed by atoms with E-state index in [9.17, 15) is 19.2 Å². The molecule has 26 heavy (non-hydrogen) atoms. The summed E-state index contributed by atoms with van der Waals surface area (Å²) < 4.78 is 4.99. The van der Waals surface area contributed by atoms with Crippen molar-refractivity contribution in [1.82, 2.24) is 15.5 Å². The zero-order chi connectivity index (χ0) is 19.5. The van der Waals surface area contributed by atoms with Crippen LogP contribution in [0.3, 0.4) is 0 Å². The number of likely N-dealkylation sites (N-methyl/N-ethyl adjacent to an activating group) is 1. The topological polar surface area (TPSA) is 105 Å². The van der Waals surface area contributed by atoms with Crippen LogP contribution >= 0.6 is 0 Å². The van der Waals surface area contributed by atoms with Crippen molar-refractivity contribution >= 4 is 23.8 Å². The summed E-state index contributed by atoms with van der Waals surface area (Å²) in [5.41, 5.74) is 0.387. The summed E-state index contributed by atoms with van der Waals surface area (Å²) in [4.78, 5) is 49.4. The van der Waals surface area contributed by atoms with Gasteiger partial charge in [0.05, 0.1) is 0 Å². The summed E-state index contributed by atoms with van der Waals surface area (Å²) >= 11 is 0. The number of hydrogen-bond donors (Lipinski definition) is 2. The van der Waals surface area contributed by atoms with Crippen LogP contribution in [0.1, 0.15) is 31.9 Å². The van der Waals surface area contributed by atoms with Gasteiger partial charge in [0.2, 0.25) is 0 Å². The smallest absolute Gasteiger partial charge is 0.327 e. The highest BCUT2D eigenvalue weighted by Gasteiger charge is 2.49. The number of ether oxygens (including phenoxy) is 1. The zero-order valence-corrected chi connectivity index (χ0v) is 15.3. The first-order valence-electron chi connectivity index (χ1n) is 8.37. The molecule has 1 aromatic carbocycles. The van der Waals surface area contributed by atoms with Gasteiger partial charge in [0.1, 0.15) is 12.1 Å². The molecule has 0 spiro atoms. The predicted molar refractivity (Wildman–Crippen MR) is 93.0 cm³/mol. The molecule has 8 nitrogen and oxygen atoms in total. The molecule has 1 aromatic rings. The number of aryl methyl sites for hydroxylation is 1. The molecular weight excluding hydrogens is 338 g/mol. The van der Waals surface area contributed by atoms with Crippen molar-refractivity contribution in [3.05, 3.63) is 35.4 Å². The van der Waals surface area contributed by atoms with Gasteiger partial charge in [-0.1, -0.05) is 29.8 Å². The Kier molecular flexibility index (Phi) is 5.64. The zero-order valence-electron chi connectivity index (χ0n) is 15.3. The molecule has 1 saturated heterocycles. The molecular formula is C18H23N3O5. The van der Waals surface area contributed by atoms with Crippen molar-refractivity contribution in [2.45, 2.75) is 39.3 Å². The normalized spacial score (nSPS) is 20.5. The van der Waals surface area contributed by atoms with E-state index >= 15 is 0 Å². The Hall–Kier alpha value is -2.90. The second-order valence-corrected chi connectivity index (χ2v) is 6.34.